The maximum absolute atomic E-state index is 13.3. The molecule has 1 fully saturated rings. The van der Waals surface area contributed by atoms with E-state index >= 15 is 0 Å². The first-order chi connectivity index (χ1) is 17.3. The quantitative estimate of drug-likeness (QED) is 0.474. The Labute approximate surface area is 208 Å². The van der Waals surface area contributed by atoms with Crippen LogP contribution in [0.3, 0.4) is 0 Å². The first-order valence-corrected chi connectivity index (χ1v) is 11.8. The fraction of sp³-hybridized carbons (Fsp3) is 0.357. The molecule has 1 unspecified atom stereocenters. The Morgan fingerprint density at radius 2 is 2.00 bits per heavy atom. The van der Waals surface area contributed by atoms with Crippen LogP contribution in [0.25, 0.3) is 10.9 Å². The summed E-state index contributed by atoms with van der Waals surface area (Å²) in [5, 5.41) is 21.6. The number of aromatic nitrogens is 1. The van der Waals surface area contributed by atoms with Crippen molar-refractivity contribution in [3.05, 3.63) is 71.4 Å². The van der Waals surface area contributed by atoms with Gasteiger partial charge in [-0.3, -0.25) is 14.7 Å². The monoisotopic (exact) mass is 494 g/mol. The number of aliphatic hydroxyl groups is 1. The lowest BCUT2D eigenvalue weighted by Gasteiger charge is -2.36. The Morgan fingerprint density at radius 3 is 2.72 bits per heavy atom. The predicted octanol–water partition coefficient (Wildman–Crippen LogP) is 4.41. The molecule has 3 aromatic rings. The van der Waals surface area contributed by atoms with Crippen LogP contribution in [0.2, 0.25) is 0 Å². The number of rotatable bonds is 7. The molecule has 8 heteroatoms. The molecular weight excluding hydrogens is 466 g/mol. The molecule has 0 radical (unpaired) electrons. The number of carbonyl (C=O) groups is 1. The van der Waals surface area contributed by atoms with Crippen molar-refractivity contribution in [1.82, 2.24) is 9.88 Å². The molecular formula is C28H28F2N2O4. The molecule has 4 rings (SSSR count). The molecule has 1 saturated heterocycles. The Hall–Kier alpha value is -3.54. The second-order valence-corrected chi connectivity index (χ2v) is 9.06. The van der Waals surface area contributed by atoms with Crippen molar-refractivity contribution < 1.29 is 28.5 Å². The van der Waals surface area contributed by atoms with E-state index in [0.717, 1.165) is 34.7 Å². The third-order valence-electron chi connectivity index (χ3n) is 6.71. The first kappa shape index (κ1) is 25.5. The maximum Gasteiger partial charge on any atom is 0.308 e. The van der Waals surface area contributed by atoms with Gasteiger partial charge in [-0.1, -0.05) is 11.8 Å². The average molecular weight is 495 g/mol. The summed E-state index contributed by atoms with van der Waals surface area (Å²) in [6.45, 7) is 1.30. The van der Waals surface area contributed by atoms with E-state index in [2.05, 4.69) is 16.8 Å². The SMILES string of the molecule is COc1ccc2nccc(C(O)CC[C@@H]3CCN(CC#Cc4cc(F)cc(F)c4)C[C@@H]3C(=O)O)c2c1. The van der Waals surface area contributed by atoms with E-state index in [1.54, 1.807) is 19.4 Å². The van der Waals surface area contributed by atoms with Crippen LogP contribution in [0.5, 0.6) is 5.75 Å². The molecule has 0 bridgehead atoms. The number of piperidine rings is 1. The lowest BCUT2D eigenvalue weighted by molar-refractivity contribution is -0.146. The van der Waals surface area contributed by atoms with Crippen molar-refractivity contribution in [2.24, 2.45) is 11.8 Å². The summed E-state index contributed by atoms with van der Waals surface area (Å²) in [5.74, 6) is 3.39. The average Bonchev–Trinajstić information content (AvgIpc) is 2.86. The molecule has 2 N–H and O–H groups in total. The van der Waals surface area contributed by atoms with Gasteiger partial charge in [0.15, 0.2) is 0 Å². The van der Waals surface area contributed by atoms with E-state index in [-0.39, 0.29) is 11.5 Å². The molecule has 0 saturated carbocycles. The molecule has 2 aromatic carbocycles. The highest BCUT2D eigenvalue weighted by Gasteiger charge is 2.34. The lowest BCUT2D eigenvalue weighted by Crippen LogP contribution is -2.44. The van der Waals surface area contributed by atoms with E-state index in [1.807, 2.05) is 23.1 Å². The van der Waals surface area contributed by atoms with E-state index in [9.17, 15) is 23.8 Å². The summed E-state index contributed by atoms with van der Waals surface area (Å²) in [6, 6.07) is 10.4. The number of pyridine rings is 1. The number of carboxylic acids is 1. The van der Waals surface area contributed by atoms with Crippen molar-refractivity contribution in [3.8, 4) is 17.6 Å². The van der Waals surface area contributed by atoms with Crippen molar-refractivity contribution >= 4 is 16.9 Å². The van der Waals surface area contributed by atoms with Crippen molar-refractivity contribution in [3.63, 3.8) is 0 Å². The number of methoxy groups -OCH3 is 1. The van der Waals surface area contributed by atoms with Crippen LogP contribution in [0, 0.1) is 35.3 Å². The zero-order chi connectivity index (χ0) is 25.7. The Bertz CT molecular complexity index is 1280. The molecule has 188 valence electrons. The van der Waals surface area contributed by atoms with E-state index in [4.69, 9.17) is 4.74 Å². The fourth-order valence-electron chi connectivity index (χ4n) is 4.81. The van der Waals surface area contributed by atoms with E-state index in [1.165, 1.54) is 0 Å². The minimum Gasteiger partial charge on any atom is -0.497 e. The van der Waals surface area contributed by atoms with Crippen LogP contribution >= 0.6 is 0 Å². The number of aliphatic carboxylic acids is 1. The van der Waals surface area contributed by atoms with Gasteiger partial charge >= 0.3 is 5.97 Å². The zero-order valence-corrected chi connectivity index (χ0v) is 20.0. The molecule has 2 heterocycles. The van der Waals surface area contributed by atoms with Crippen LogP contribution < -0.4 is 4.74 Å². The highest BCUT2D eigenvalue weighted by molar-refractivity contribution is 5.83. The molecule has 1 aliphatic heterocycles. The number of nitrogens with zero attached hydrogens (tertiary/aromatic N) is 2. The Morgan fingerprint density at radius 1 is 1.22 bits per heavy atom. The van der Waals surface area contributed by atoms with Gasteiger partial charge in [0.2, 0.25) is 0 Å². The number of halogens is 2. The number of carboxylic acid groups (broad SMARTS) is 1. The molecule has 6 nitrogen and oxygen atoms in total. The number of ether oxygens (including phenoxy) is 1. The van der Waals surface area contributed by atoms with Crippen LogP contribution in [0.15, 0.2) is 48.7 Å². The number of hydrogen-bond acceptors (Lipinski definition) is 5. The van der Waals surface area contributed by atoms with Crippen LogP contribution in [0.4, 0.5) is 8.78 Å². The van der Waals surface area contributed by atoms with E-state index < -0.39 is 29.6 Å². The molecule has 3 atom stereocenters. The third kappa shape index (κ3) is 6.17. The lowest BCUT2D eigenvalue weighted by atomic mass is 9.81. The van der Waals surface area contributed by atoms with Crippen molar-refractivity contribution in [2.45, 2.75) is 25.4 Å². The topological polar surface area (TPSA) is 82.9 Å². The third-order valence-corrected chi connectivity index (χ3v) is 6.71. The van der Waals surface area contributed by atoms with Gasteiger partial charge in [-0.25, -0.2) is 8.78 Å². The number of aliphatic hydroxyl groups excluding tert-OH is 1. The van der Waals surface area contributed by atoms with E-state index in [0.29, 0.717) is 44.6 Å². The summed E-state index contributed by atoms with van der Waals surface area (Å²) in [6.07, 6.45) is 2.55. The molecule has 1 aromatic heterocycles. The largest absolute Gasteiger partial charge is 0.497 e. The standard InChI is InChI=1S/C28H28F2N2O4/c1-36-22-5-6-26-24(16-22)23(8-10-31-26)27(33)7-4-19-9-12-32(17-25(19)28(34)35)11-2-3-18-13-20(29)15-21(30)14-18/h5-6,8,10,13-16,19,25,27,33H,4,7,9,11-12,17H2,1H3,(H,34,35)/t19-,25+,27?/m1/s1. The highest BCUT2D eigenvalue weighted by atomic mass is 19.1. The van der Waals surface area contributed by atoms with Gasteiger partial charge in [-0.15, -0.1) is 0 Å². The van der Waals surface area contributed by atoms with Gasteiger partial charge in [0.05, 0.1) is 31.2 Å². The molecule has 0 amide bonds. The predicted molar refractivity (Wildman–Crippen MR) is 131 cm³/mol. The molecule has 0 spiro atoms. The fourth-order valence-corrected chi connectivity index (χ4v) is 4.81. The van der Waals surface area contributed by atoms with Crippen molar-refractivity contribution in [1.29, 1.82) is 0 Å². The van der Waals surface area contributed by atoms with Gasteiger partial charge < -0.3 is 14.9 Å². The second kappa shape index (κ2) is 11.5. The summed E-state index contributed by atoms with van der Waals surface area (Å²) in [5.41, 5.74) is 1.74. The summed E-state index contributed by atoms with van der Waals surface area (Å²) in [4.78, 5) is 18.3. The minimum absolute atomic E-state index is 0.0821. The van der Waals surface area contributed by atoms with Crippen LogP contribution in [0.1, 0.15) is 36.5 Å². The minimum atomic E-state index is -0.876. The Kier molecular flexibility index (Phi) is 8.14. The maximum atomic E-state index is 13.3. The highest BCUT2D eigenvalue weighted by Crippen LogP contribution is 2.33. The van der Waals surface area contributed by atoms with Gasteiger partial charge in [0.1, 0.15) is 17.4 Å². The summed E-state index contributed by atoms with van der Waals surface area (Å²) < 4.78 is 32.0. The van der Waals surface area contributed by atoms with Gasteiger partial charge in [0, 0.05) is 29.8 Å². The number of benzene rings is 2. The molecule has 36 heavy (non-hydrogen) atoms. The zero-order valence-electron chi connectivity index (χ0n) is 20.0. The second-order valence-electron chi connectivity index (χ2n) is 9.06. The number of fused-ring (bicyclic) bond motifs is 1. The number of likely N-dealkylation sites (tertiary alicyclic amines) is 1. The summed E-state index contributed by atoms with van der Waals surface area (Å²) >= 11 is 0. The van der Waals surface area contributed by atoms with Crippen LogP contribution in [-0.4, -0.2) is 52.8 Å². The van der Waals surface area contributed by atoms with Crippen molar-refractivity contribution in [2.75, 3.05) is 26.7 Å². The van der Waals surface area contributed by atoms with Gasteiger partial charge in [-0.2, -0.15) is 0 Å². The molecule has 0 aliphatic carbocycles. The van der Waals surface area contributed by atoms with Crippen LogP contribution in [-0.2, 0) is 4.79 Å². The first-order valence-electron chi connectivity index (χ1n) is 11.8. The number of hydrogen-bond donors (Lipinski definition) is 2. The summed E-state index contributed by atoms with van der Waals surface area (Å²) in [7, 11) is 1.58. The van der Waals surface area contributed by atoms with Gasteiger partial charge in [-0.05, 0) is 73.7 Å². The van der Waals surface area contributed by atoms with Gasteiger partial charge in [0.25, 0.3) is 0 Å². The molecule has 1 aliphatic rings. The Balaban J connectivity index is 1.38. The normalized spacial score (nSPS) is 18.9. The smallest absolute Gasteiger partial charge is 0.308 e.